The molecule has 1 aliphatic heterocycles. The van der Waals surface area contributed by atoms with E-state index in [2.05, 4.69) is 10.4 Å². The van der Waals surface area contributed by atoms with Gasteiger partial charge in [0.25, 0.3) is 5.91 Å². The lowest BCUT2D eigenvalue weighted by atomic mass is 10.2. The summed E-state index contributed by atoms with van der Waals surface area (Å²) in [5.74, 6) is 0.154. The number of carbonyl (C=O) groups excluding carboxylic acids is 2. The van der Waals surface area contributed by atoms with Crippen molar-refractivity contribution < 1.29 is 23.8 Å². The van der Waals surface area contributed by atoms with E-state index >= 15 is 0 Å². The number of ether oxygens (including phenoxy) is 3. The van der Waals surface area contributed by atoms with Gasteiger partial charge in [0, 0.05) is 17.4 Å². The van der Waals surface area contributed by atoms with Crippen molar-refractivity contribution in [2.24, 2.45) is 0 Å². The number of anilines is 1. The minimum absolute atomic E-state index is 0.152. The number of benzene rings is 2. The highest BCUT2D eigenvalue weighted by Crippen LogP contribution is 2.34. The Kier molecular flexibility index (Phi) is 5.14. The molecule has 154 valence electrons. The zero-order valence-electron chi connectivity index (χ0n) is 16.8. The molecule has 1 atom stereocenters. The van der Waals surface area contributed by atoms with E-state index in [1.165, 1.54) is 6.92 Å². The van der Waals surface area contributed by atoms with Gasteiger partial charge in [0.2, 0.25) is 6.79 Å². The second-order valence-electron chi connectivity index (χ2n) is 6.99. The van der Waals surface area contributed by atoms with E-state index in [9.17, 15) is 9.59 Å². The first-order valence-electron chi connectivity index (χ1n) is 9.46. The van der Waals surface area contributed by atoms with E-state index in [1.807, 2.05) is 19.9 Å². The van der Waals surface area contributed by atoms with Gasteiger partial charge in [-0.25, -0.2) is 9.48 Å². The summed E-state index contributed by atoms with van der Waals surface area (Å²) in [4.78, 5) is 24.8. The topological polar surface area (TPSA) is 91.7 Å². The van der Waals surface area contributed by atoms with Gasteiger partial charge in [-0.15, -0.1) is 0 Å². The summed E-state index contributed by atoms with van der Waals surface area (Å²) in [5.41, 5.74) is 3.63. The standard InChI is InChI=1S/C22H21N3O5/c1-13-10-14(2)25(24-13)18-7-4-16(5-8-18)22(27)30-15(3)21(26)23-17-6-9-19-20(11-17)29-12-28-19/h4-11,15H,12H2,1-3H3,(H,23,26)/t15-/m1/s1. The summed E-state index contributed by atoms with van der Waals surface area (Å²) in [6.07, 6.45) is -0.974. The Bertz CT molecular complexity index is 1100. The van der Waals surface area contributed by atoms with E-state index < -0.39 is 18.0 Å². The molecular weight excluding hydrogens is 386 g/mol. The zero-order chi connectivity index (χ0) is 21.3. The quantitative estimate of drug-likeness (QED) is 0.652. The number of amides is 1. The molecule has 0 unspecified atom stereocenters. The second kappa shape index (κ2) is 7.90. The molecular formula is C22H21N3O5. The molecule has 0 spiro atoms. The Balaban J connectivity index is 1.38. The van der Waals surface area contributed by atoms with E-state index in [1.54, 1.807) is 47.1 Å². The Morgan fingerprint density at radius 3 is 2.50 bits per heavy atom. The molecule has 0 saturated heterocycles. The van der Waals surface area contributed by atoms with Crippen molar-refractivity contribution in [1.82, 2.24) is 9.78 Å². The predicted octanol–water partition coefficient (Wildman–Crippen LogP) is 3.40. The summed E-state index contributed by atoms with van der Waals surface area (Å²) in [5, 5.41) is 7.12. The third kappa shape index (κ3) is 3.98. The van der Waals surface area contributed by atoms with Crippen LogP contribution in [0.25, 0.3) is 5.69 Å². The Hall–Kier alpha value is -3.81. The van der Waals surface area contributed by atoms with E-state index in [-0.39, 0.29) is 6.79 Å². The second-order valence-corrected chi connectivity index (χ2v) is 6.99. The predicted molar refractivity (Wildman–Crippen MR) is 109 cm³/mol. The molecule has 3 aromatic rings. The van der Waals surface area contributed by atoms with Crippen molar-refractivity contribution in [3.63, 3.8) is 0 Å². The fourth-order valence-corrected chi connectivity index (χ4v) is 3.13. The van der Waals surface area contributed by atoms with Gasteiger partial charge in [0.05, 0.1) is 16.9 Å². The maximum Gasteiger partial charge on any atom is 0.338 e. The number of esters is 1. The number of hydrogen-bond donors (Lipinski definition) is 1. The van der Waals surface area contributed by atoms with Crippen LogP contribution < -0.4 is 14.8 Å². The maximum atomic E-state index is 12.4. The molecule has 1 N–H and O–H groups in total. The van der Waals surface area contributed by atoms with Gasteiger partial charge in [0.1, 0.15) is 0 Å². The molecule has 30 heavy (non-hydrogen) atoms. The third-order valence-corrected chi connectivity index (χ3v) is 4.65. The lowest BCUT2D eigenvalue weighted by Crippen LogP contribution is -2.30. The van der Waals surface area contributed by atoms with E-state index in [0.717, 1.165) is 17.1 Å². The van der Waals surface area contributed by atoms with Crippen molar-refractivity contribution >= 4 is 17.6 Å². The molecule has 8 heteroatoms. The Morgan fingerprint density at radius 1 is 1.07 bits per heavy atom. The van der Waals surface area contributed by atoms with Gasteiger partial charge in [0.15, 0.2) is 17.6 Å². The van der Waals surface area contributed by atoms with E-state index in [0.29, 0.717) is 22.7 Å². The summed E-state index contributed by atoms with van der Waals surface area (Å²) < 4.78 is 17.6. The van der Waals surface area contributed by atoms with Crippen molar-refractivity contribution in [3.8, 4) is 17.2 Å². The van der Waals surface area contributed by atoms with Crippen LogP contribution in [-0.4, -0.2) is 34.6 Å². The molecule has 8 nitrogen and oxygen atoms in total. The minimum atomic E-state index is -0.974. The smallest absolute Gasteiger partial charge is 0.338 e. The first kappa shape index (κ1) is 19.5. The fraction of sp³-hybridized carbons (Fsp3) is 0.227. The molecule has 1 aromatic heterocycles. The SMILES string of the molecule is Cc1cc(C)n(-c2ccc(C(=O)O[C@H](C)C(=O)Nc3ccc4c(c3)OCO4)cc2)n1. The largest absolute Gasteiger partial charge is 0.454 e. The number of fused-ring (bicyclic) bond motifs is 1. The number of aryl methyl sites for hydroxylation is 2. The van der Waals surface area contributed by atoms with Crippen LogP contribution in [-0.2, 0) is 9.53 Å². The molecule has 0 radical (unpaired) electrons. The number of carbonyl (C=O) groups is 2. The van der Waals surface area contributed by atoms with Crippen LogP contribution in [0.3, 0.4) is 0 Å². The average molecular weight is 407 g/mol. The first-order valence-corrected chi connectivity index (χ1v) is 9.46. The van der Waals surface area contributed by atoms with Gasteiger partial charge < -0.3 is 19.5 Å². The average Bonchev–Trinajstić information content (AvgIpc) is 3.33. The monoisotopic (exact) mass is 407 g/mol. The molecule has 0 bridgehead atoms. The molecule has 0 saturated carbocycles. The van der Waals surface area contributed by atoms with Crippen molar-refractivity contribution in [3.05, 3.63) is 65.5 Å². The van der Waals surface area contributed by atoms with Crippen LogP contribution in [0.4, 0.5) is 5.69 Å². The fourth-order valence-electron chi connectivity index (χ4n) is 3.13. The molecule has 0 aliphatic carbocycles. The normalized spacial score (nSPS) is 13.0. The zero-order valence-corrected chi connectivity index (χ0v) is 16.8. The van der Waals surface area contributed by atoms with Crippen molar-refractivity contribution in [1.29, 1.82) is 0 Å². The van der Waals surface area contributed by atoms with Crippen LogP contribution in [0.2, 0.25) is 0 Å². The Morgan fingerprint density at radius 2 is 1.80 bits per heavy atom. The van der Waals surface area contributed by atoms with Crippen LogP contribution in [0, 0.1) is 13.8 Å². The molecule has 1 aliphatic rings. The summed E-state index contributed by atoms with van der Waals surface area (Å²) in [6.45, 7) is 5.55. The van der Waals surface area contributed by atoms with E-state index in [4.69, 9.17) is 14.2 Å². The van der Waals surface area contributed by atoms with Crippen molar-refractivity contribution in [2.45, 2.75) is 26.9 Å². The summed E-state index contributed by atoms with van der Waals surface area (Å²) >= 11 is 0. The molecule has 1 amide bonds. The van der Waals surface area contributed by atoms with Gasteiger partial charge in [-0.3, -0.25) is 4.79 Å². The van der Waals surface area contributed by atoms with Crippen LogP contribution >= 0.6 is 0 Å². The van der Waals surface area contributed by atoms with Crippen LogP contribution in [0.5, 0.6) is 11.5 Å². The third-order valence-electron chi connectivity index (χ3n) is 4.65. The number of aromatic nitrogens is 2. The summed E-state index contributed by atoms with van der Waals surface area (Å²) in [6, 6.07) is 13.9. The highest BCUT2D eigenvalue weighted by atomic mass is 16.7. The van der Waals surface area contributed by atoms with Crippen molar-refractivity contribution in [2.75, 3.05) is 12.1 Å². The number of nitrogens with zero attached hydrogens (tertiary/aromatic N) is 2. The van der Waals surface area contributed by atoms with Crippen LogP contribution in [0.1, 0.15) is 28.7 Å². The molecule has 2 heterocycles. The number of rotatable bonds is 5. The highest BCUT2D eigenvalue weighted by molar-refractivity contribution is 5.97. The lowest BCUT2D eigenvalue weighted by Gasteiger charge is -2.14. The summed E-state index contributed by atoms with van der Waals surface area (Å²) in [7, 11) is 0. The number of nitrogens with one attached hydrogen (secondary N) is 1. The van der Waals surface area contributed by atoms with Gasteiger partial charge >= 0.3 is 5.97 Å². The Labute approximate surface area is 173 Å². The molecule has 2 aromatic carbocycles. The van der Waals surface area contributed by atoms with Crippen LogP contribution in [0.15, 0.2) is 48.5 Å². The minimum Gasteiger partial charge on any atom is -0.454 e. The van der Waals surface area contributed by atoms with Gasteiger partial charge in [-0.2, -0.15) is 5.10 Å². The number of hydrogen-bond acceptors (Lipinski definition) is 6. The van der Waals surface area contributed by atoms with Gasteiger partial charge in [-0.05, 0) is 63.2 Å². The molecule has 0 fully saturated rings. The highest BCUT2D eigenvalue weighted by Gasteiger charge is 2.21. The maximum absolute atomic E-state index is 12.4. The first-order chi connectivity index (χ1) is 14.4. The lowest BCUT2D eigenvalue weighted by molar-refractivity contribution is -0.123. The molecule has 4 rings (SSSR count). The van der Waals surface area contributed by atoms with Gasteiger partial charge in [-0.1, -0.05) is 0 Å².